The highest BCUT2D eigenvalue weighted by Crippen LogP contribution is 2.22. The molecular formula is C21H25ClN2O3. The first-order valence-corrected chi connectivity index (χ1v) is 9.53. The van der Waals surface area contributed by atoms with Crippen LogP contribution in [-0.4, -0.2) is 50.3 Å². The summed E-state index contributed by atoms with van der Waals surface area (Å²) < 4.78 is 11.0. The molecule has 0 aliphatic carbocycles. The SMILES string of the molecule is Cc1ccc([C@@H](CNC(=O)COc2cccc(Cl)c2)N2CCOCC2)cc1. The second-order valence-corrected chi connectivity index (χ2v) is 7.06. The molecule has 0 aromatic heterocycles. The number of carbonyl (C=O) groups excluding carboxylic acids is 1. The van der Waals surface area contributed by atoms with Crippen molar-refractivity contribution in [3.63, 3.8) is 0 Å². The number of amides is 1. The third-order valence-corrected chi connectivity index (χ3v) is 4.84. The van der Waals surface area contributed by atoms with Gasteiger partial charge in [0.25, 0.3) is 5.91 Å². The molecule has 0 unspecified atom stereocenters. The minimum atomic E-state index is -0.152. The molecule has 1 amide bonds. The Hall–Kier alpha value is -2.08. The maximum absolute atomic E-state index is 12.3. The number of rotatable bonds is 7. The predicted molar refractivity (Wildman–Crippen MR) is 106 cm³/mol. The molecule has 1 N–H and O–H groups in total. The second kappa shape index (κ2) is 9.74. The smallest absolute Gasteiger partial charge is 0.258 e. The Morgan fingerprint density at radius 3 is 2.67 bits per heavy atom. The highest BCUT2D eigenvalue weighted by molar-refractivity contribution is 6.30. The van der Waals surface area contributed by atoms with E-state index in [1.54, 1.807) is 24.3 Å². The molecule has 2 aromatic rings. The molecule has 1 fully saturated rings. The Morgan fingerprint density at radius 2 is 1.96 bits per heavy atom. The minimum absolute atomic E-state index is 0.0376. The van der Waals surface area contributed by atoms with Crippen LogP contribution in [0.1, 0.15) is 17.2 Å². The summed E-state index contributed by atoms with van der Waals surface area (Å²) in [7, 11) is 0. The Kier molecular flexibility index (Phi) is 7.10. The Morgan fingerprint density at radius 1 is 1.22 bits per heavy atom. The molecule has 3 rings (SSSR count). The van der Waals surface area contributed by atoms with E-state index in [1.165, 1.54) is 11.1 Å². The summed E-state index contributed by atoms with van der Waals surface area (Å²) in [6.07, 6.45) is 0. The lowest BCUT2D eigenvalue weighted by atomic mass is 10.0. The quantitative estimate of drug-likeness (QED) is 0.791. The van der Waals surface area contributed by atoms with Gasteiger partial charge in [-0.3, -0.25) is 9.69 Å². The summed E-state index contributed by atoms with van der Waals surface area (Å²) >= 11 is 5.93. The minimum Gasteiger partial charge on any atom is -0.484 e. The third kappa shape index (κ3) is 5.96. The van der Waals surface area contributed by atoms with E-state index in [-0.39, 0.29) is 18.6 Å². The van der Waals surface area contributed by atoms with E-state index in [9.17, 15) is 4.79 Å². The first kappa shape index (κ1) is 19.7. The standard InChI is InChI=1S/C21H25ClN2O3/c1-16-5-7-17(8-6-16)20(24-9-11-26-12-10-24)14-23-21(25)15-27-19-4-2-3-18(22)13-19/h2-8,13,20H,9-12,14-15H2,1H3,(H,23,25)/t20-/m1/s1. The average molecular weight is 389 g/mol. The van der Waals surface area contributed by atoms with Crippen molar-refractivity contribution in [2.24, 2.45) is 0 Å². The van der Waals surface area contributed by atoms with Gasteiger partial charge < -0.3 is 14.8 Å². The van der Waals surface area contributed by atoms with Crippen molar-refractivity contribution in [1.82, 2.24) is 10.2 Å². The molecule has 1 aliphatic rings. The molecule has 2 aromatic carbocycles. The van der Waals surface area contributed by atoms with Crippen molar-refractivity contribution in [3.05, 3.63) is 64.7 Å². The number of benzene rings is 2. The van der Waals surface area contributed by atoms with E-state index in [0.29, 0.717) is 30.5 Å². The maximum atomic E-state index is 12.3. The van der Waals surface area contributed by atoms with Gasteiger partial charge in [-0.25, -0.2) is 0 Å². The molecule has 5 nitrogen and oxygen atoms in total. The van der Waals surface area contributed by atoms with Gasteiger partial charge in [-0.05, 0) is 30.7 Å². The predicted octanol–water partition coefficient (Wildman–Crippen LogP) is 3.22. The molecule has 0 saturated carbocycles. The zero-order chi connectivity index (χ0) is 19.1. The van der Waals surface area contributed by atoms with Crippen molar-refractivity contribution in [3.8, 4) is 5.75 Å². The van der Waals surface area contributed by atoms with E-state index in [0.717, 1.165) is 13.1 Å². The van der Waals surface area contributed by atoms with Crippen LogP contribution in [0.25, 0.3) is 0 Å². The highest BCUT2D eigenvalue weighted by Gasteiger charge is 2.23. The maximum Gasteiger partial charge on any atom is 0.258 e. The van der Waals surface area contributed by atoms with Gasteiger partial charge >= 0.3 is 0 Å². The van der Waals surface area contributed by atoms with E-state index in [1.807, 2.05) is 0 Å². The number of hydrogen-bond donors (Lipinski definition) is 1. The van der Waals surface area contributed by atoms with E-state index >= 15 is 0 Å². The molecule has 6 heteroatoms. The van der Waals surface area contributed by atoms with E-state index < -0.39 is 0 Å². The number of carbonyl (C=O) groups is 1. The van der Waals surface area contributed by atoms with Crippen LogP contribution < -0.4 is 10.1 Å². The van der Waals surface area contributed by atoms with Crippen molar-refractivity contribution < 1.29 is 14.3 Å². The van der Waals surface area contributed by atoms with Crippen LogP contribution in [0.4, 0.5) is 0 Å². The fourth-order valence-electron chi connectivity index (χ4n) is 3.10. The molecule has 0 bridgehead atoms. The zero-order valence-electron chi connectivity index (χ0n) is 15.5. The normalized spacial score (nSPS) is 15.9. The lowest BCUT2D eigenvalue weighted by Crippen LogP contribution is -2.44. The van der Waals surface area contributed by atoms with Crippen molar-refractivity contribution in [2.45, 2.75) is 13.0 Å². The molecule has 144 valence electrons. The van der Waals surface area contributed by atoms with Crippen LogP contribution in [0.15, 0.2) is 48.5 Å². The number of aryl methyl sites for hydroxylation is 1. The van der Waals surface area contributed by atoms with Crippen LogP contribution in [0.2, 0.25) is 5.02 Å². The fourth-order valence-corrected chi connectivity index (χ4v) is 3.28. The number of morpholine rings is 1. The van der Waals surface area contributed by atoms with Gasteiger partial charge in [-0.15, -0.1) is 0 Å². The number of hydrogen-bond acceptors (Lipinski definition) is 4. The largest absolute Gasteiger partial charge is 0.484 e. The van der Waals surface area contributed by atoms with Crippen molar-refractivity contribution >= 4 is 17.5 Å². The Balaban J connectivity index is 1.58. The van der Waals surface area contributed by atoms with E-state index in [2.05, 4.69) is 41.4 Å². The van der Waals surface area contributed by atoms with Gasteiger partial charge in [-0.2, -0.15) is 0 Å². The number of nitrogens with zero attached hydrogens (tertiary/aromatic N) is 1. The molecule has 1 atom stereocenters. The van der Waals surface area contributed by atoms with Crippen LogP contribution in [0.3, 0.4) is 0 Å². The topological polar surface area (TPSA) is 50.8 Å². The molecule has 27 heavy (non-hydrogen) atoms. The first-order chi connectivity index (χ1) is 13.1. The summed E-state index contributed by atoms with van der Waals surface area (Å²) in [6, 6.07) is 15.6. The van der Waals surface area contributed by atoms with Gasteiger partial charge in [0, 0.05) is 24.7 Å². The van der Waals surface area contributed by atoms with Crippen LogP contribution in [0, 0.1) is 6.92 Å². The van der Waals surface area contributed by atoms with Gasteiger partial charge in [0.1, 0.15) is 5.75 Å². The second-order valence-electron chi connectivity index (χ2n) is 6.62. The lowest BCUT2D eigenvalue weighted by molar-refractivity contribution is -0.123. The number of halogens is 1. The molecule has 0 spiro atoms. The number of ether oxygens (including phenoxy) is 2. The molecule has 0 radical (unpaired) electrons. The van der Waals surface area contributed by atoms with Crippen molar-refractivity contribution in [2.75, 3.05) is 39.5 Å². The monoisotopic (exact) mass is 388 g/mol. The summed E-state index contributed by atoms with van der Waals surface area (Å²) in [4.78, 5) is 14.6. The summed E-state index contributed by atoms with van der Waals surface area (Å²) in [6.45, 7) is 5.70. The molecule has 1 aliphatic heterocycles. The van der Waals surface area contributed by atoms with Crippen molar-refractivity contribution in [1.29, 1.82) is 0 Å². The van der Waals surface area contributed by atoms with Gasteiger partial charge in [0.15, 0.2) is 6.61 Å². The van der Waals surface area contributed by atoms with Gasteiger partial charge in [-0.1, -0.05) is 47.5 Å². The Bertz CT molecular complexity index is 745. The fraction of sp³-hybridized carbons (Fsp3) is 0.381. The van der Waals surface area contributed by atoms with Gasteiger partial charge in [0.2, 0.25) is 0 Å². The summed E-state index contributed by atoms with van der Waals surface area (Å²) in [5.74, 6) is 0.432. The third-order valence-electron chi connectivity index (χ3n) is 4.61. The van der Waals surface area contributed by atoms with Crippen LogP contribution >= 0.6 is 11.6 Å². The van der Waals surface area contributed by atoms with Gasteiger partial charge in [0.05, 0.1) is 19.3 Å². The average Bonchev–Trinajstić information content (AvgIpc) is 2.69. The summed E-state index contributed by atoms with van der Waals surface area (Å²) in [5.41, 5.74) is 2.41. The number of nitrogens with one attached hydrogen (secondary N) is 1. The zero-order valence-corrected chi connectivity index (χ0v) is 16.2. The van der Waals surface area contributed by atoms with E-state index in [4.69, 9.17) is 21.1 Å². The molecule has 1 heterocycles. The first-order valence-electron chi connectivity index (χ1n) is 9.15. The van der Waals surface area contributed by atoms with Crippen LogP contribution in [0.5, 0.6) is 5.75 Å². The van der Waals surface area contributed by atoms with Crippen LogP contribution in [-0.2, 0) is 9.53 Å². The highest BCUT2D eigenvalue weighted by atomic mass is 35.5. The lowest BCUT2D eigenvalue weighted by Gasteiger charge is -2.35. The molecular weight excluding hydrogens is 364 g/mol. The Labute approximate surface area is 165 Å². The summed E-state index contributed by atoms with van der Waals surface area (Å²) in [5, 5.41) is 3.58. The molecule has 1 saturated heterocycles.